The third kappa shape index (κ3) is 3.65. The molecule has 0 aromatic heterocycles. The van der Waals surface area contributed by atoms with Gasteiger partial charge in [-0.15, -0.1) is 11.8 Å². The van der Waals surface area contributed by atoms with E-state index in [0.717, 1.165) is 29.1 Å². The number of rotatable bonds is 7. The second-order valence-corrected chi connectivity index (χ2v) is 7.48. The van der Waals surface area contributed by atoms with Crippen LogP contribution in [-0.2, 0) is 5.60 Å². The number of carbonyl (C=O) groups excluding carboxylic acids is 1. The van der Waals surface area contributed by atoms with E-state index < -0.39 is 5.60 Å². The van der Waals surface area contributed by atoms with Crippen molar-refractivity contribution in [1.82, 2.24) is 5.32 Å². The minimum Gasteiger partial charge on any atom is -0.383 e. The number of carbonyl (C=O) groups is 1. The second-order valence-electron chi connectivity index (χ2n) is 6.18. The average molecular weight is 341 g/mol. The van der Waals surface area contributed by atoms with Crippen molar-refractivity contribution in [2.24, 2.45) is 5.92 Å². The van der Waals surface area contributed by atoms with Gasteiger partial charge in [0.25, 0.3) is 5.91 Å². The first-order valence-corrected chi connectivity index (χ1v) is 9.41. The van der Waals surface area contributed by atoms with Gasteiger partial charge in [0.1, 0.15) is 5.60 Å². The highest BCUT2D eigenvalue weighted by Crippen LogP contribution is 2.45. The van der Waals surface area contributed by atoms with E-state index in [2.05, 4.69) is 12.2 Å². The predicted molar refractivity (Wildman–Crippen MR) is 98.2 cm³/mol. The minimum absolute atomic E-state index is 0.124. The lowest BCUT2D eigenvalue weighted by molar-refractivity contribution is 0.0135. The third-order valence-electron chi connectivity index (χ3n) is 4.48. The summed E-state index contributed by atoms with van der Waals surface area (Å²) in [6.45, 7) is 2.31. The van der Waals surface area contributed by atoms with E-state index in [1.165, 1.54) is 0 Å². The Bertz CT molecular complexity index is 700. The topological polar surface area (TPSA) is 49.3 Å². The normalized spacial score (nSPS) is 16.4. The van der Waals surface area contributed by atoms with Crippen LogP contribution in [0.25, 0.3) is 0 Å². The molecule has 0 spiro atoms. The quantitative estimate of drug-likeness (QED) is 0.753. The Labute approximate surface area is 147 Å². The number of hydrogen-bond acceptors (Lipinski definition) is 3. The van der Waals surface area contributed by atoms with Gasteiger partial charge in [0, 0.05) is 4.90 Å². The van der Waals surface area contributed by atoms with Crippen LogP contribution in [0.3, 0.4) is 0 Å². The molecule has 0 radical (unpaired) electrons. The maximum absolute atomic E-state index is 12.6. The molecule has 1 atom stereocenters. The first kappa shape index (κ1) is 17.1. The van der Waals surface area contributed by atoms with Crippen LogP contribution in [0.15, 0.2) is 59.5 Å². The predicted octanol–water partition coefficient (Wildman–Crippen LogP) is 3.83. The Morgan fingerprint density at radius 3 is 2.50 bits per heavy atom. The van der Waals surface area contributed by atoms with Crippen LogP contribution in [0.1, 0.15) is 35.7 Å². The number of nitrogens with one attached hydrogen (secondary N) is 1. The van der Waals surface area contributed by atoms with Crippen LogP contribution >= 0.6 is 11.8 Å². The lowest BCUT2D eigenvalue weighted by Crippen LogP contribution is -2.42. The second kappa shape index (κ2) is 7.41. The molecule has 0 aliphatic heterocycles. The van der Waals surface area contributed by atoms with Gasteiger partial charge in [-0.1, -0.05) is 49.4 Å². The molecule has 4 heteroatoms. The average Bonchev–Trinajstić information content (AvgIpc) is 3.46. The van der Waals surface area contributed by atoms with E-state index in [9.17, 15) is 9.90 Å². The van der Waals surface area contributed by atoms with Crippen molar-refractivity contribution in [2.45, 2.75) is 30.3 Å². The lowest BCUT2D eigenvalue weighted by Gasteiger charge is -2.29. The Balaban J connectivity index is 1.75. The van der Waals surface area contributed by atoms with Gasteiger partial charge < -0.3 is 10.4 Å². The van der Waals surface area contributed by atoms with E-state index in [4.69, 9.17) is 0 Å². The molecular formula is C20H23NO2S. The van der Waals surface area contributed by atoms with E-state index in [1.807, 2.05) is 54.6 Å². The summed E-state index contributed by atoms with van der Waals surface area (Å²) in [5.74, 6) is 1.02. The molecule has 0 unspecified atom stereocenters. The Morgan fingerprint density at radius 2 is 1.83 bits per heavy atom. The summed E-state index contributed by atoms with van der Waals surface area (Å²) in [5, 5.41) is 14.1. The van der Waals surface area contributed by atoms with Gasteiger partial charge in [-0.05, 0) is 42.2 Å². The smallest absolute Gasteiger partial charge is 0.252 e. The van der Waals surface area contributed by atoms with Crippen molar-refractivity contribution in [3.63, 3.8) is 0 Å². The summed E-state index contributed by atoms with van der Waals surface area (Å²) >= 11 is 1.66. The van der Waals surface area contributed by atoms with Gasteiger partial charge in [0.05, 0.1) is 12.1 Å². The molecule has 2 N–H and O–H groups in total. The highest BCUT2D eigenvalue weighted by atomic mass is 32.2. The van der Waals surface area contributed by atoms with E-state index >= 15 is 0 Å². The molecule has 2 aromatic carbocycles. The maximum Gasteiger partial charge on any atom is 0.252 e. The largest absolute Gasteiger partial charge is 0.383 e. The summed E-state index contributed by atoms with van der Waals surface area (Å²) in [7, 11) is 0. The van der Waals surface area contributed by atoms with Crippen molar-refractivity contribution in [3.05, 3.63) is 65.7 Å². The molecule has 1 aliphatic carbocycles. The molecule has 1 saturated carbocycles. The molecule has 1 fully saturated rings. The van der Waals surface area contributed by atoms with Gasteiger partial charge in [0.2, 0.25) is 0 Å². The van der Waals surface area contributed by atoms with Crippen molar-refractivity contribution in [1.29, 1.82) is 0 Å². The van der Waals surface area contributed by atoms with E-state index in [0.29, 0.717) is 5.56 Å². The van der Waals surface area contributed by atoms with E-state index in [1.54, 1.807) is 11.8 Å². The summed E-state index contributed by atoms with van der Waals surface area (Å²) < 4.78 is 0. The van der Waals surface area contributed by atoms with Crippen LogP contribution in [0.4, 0.5) is 0 Å². The highest BCUT2D eigenvalue weighted by Gasteiger charge is 2.45. The fourth-order valence-corrected chi connectivity index (χ4v) is 3.82. The Hall–Kier alpha value is -1.78. The van der Waals surface area contributed by atoms with Gasteiger partial charge in [-0.25, -0.2) is 0 Å². The summed E-state index contributed by atoms with van der Waals surface area (Å²) in [5.41, 5.74) is 0.573. The zero-order valence-corrected chi connectivity index (χ0v) is 14.7. The van der Waals surface area contributed by atoms with Crippen LogP contribution in [0, 0.1) is 5.92 Å². The standard InChI is InChI=1S/C20H23NO2S/c1-2-24-18-11-7-6-10-17(18)19(22)21-14-20(23,16-12-13-16)15-8-4-3-5-9-15/h3-11,16,23H,2,12-14H2,1H3,(H,21,22)/t20-/m0/s1. The minimum atomic E-state index is -0.982. The molecule has 0 heterocycles. The number of amides is 1. The molecule has 24 heavy (non-hydrogen) atoms. The fraction of sp³-hybridized carbons (Fsp3) is 0.350. The summed E-state index contributed by atoms with van der Waals surface area (Å²) in [6.07, 6.45) is 2.01. The molecule has 1 aliphatic rings. The van der Waals surface area contributed by atoms with Crippen molar-refractivity contribution >= 4 is 17.7 Å². The van der Waals surface area contributed by atoms with Crippen LogP contribution in [-0.4, -0.2) is 23.3 Å². The lowest BCUT2D eigenvalue weighted by atomic mass is 9.88. The molecule has 0 saturated heterocycles. The number of aliphatic hydroxyl groups is 1. The fourth-order valence-electron chi connectivity index (χ4n) is 3.02. The van der Waals surface area contributed by atoms with E-state index in [-0.39, 0.29) is 18.4 Å². The highest BCUT2D eigenvalue weighted by molar-refractivity contribution is 7.99. The molecule has 2 aromatic rings. The maximum atomic E-state index is 12.6. The first-order valence-electron chi connectivity index (χ1n) is 8.43. The van der Waals surface area contributed by atoms with Crippen molar-refractivity contribution in [2.75, 3.05) is 12.3 Å². The Morgan fingerprint density at radius 1 is 1.17 bits per heavy atom. The van der Waals surface area contributed by atoms with Gasteiger partial charge in [-0.3, -0.25) is 4.79 Å². The van der Waals surface area contributed by atoms with Gasteiger partial charge in [-0.2, -0.15) is 0 Å². The molecule has 3 nitrogen and oxygen atoms in total. The molecule has 126 valence electrons. The first-order chi connectivity index (χ1) is 11.6. The number of thioether (sulfide) groups is 1. The Kier molecular flexibility index (Phi) is 5.27. The number of benzene rings is 2. The summed E-state index contributed by atoms with van der Waals surface area (Å²) in [4.78, 5) is 13.6. The zero-order valence-electron chi connectivity index (χ0n) is 13.9. The summed E-state index contributed by atoms with van der Waals surface area (Å²) in [6, 6.07) is 17.3. The van der Waals surface area contributed by atoms with Crippen LogP contribution in [0.2, 0.25) is 0 Å². The van der Waals surface area contributed by atoms with Crippen molar-refractivity contribution < 1.29 is 9.90 Å². The van der Waals surface area contributed by atoms with Crippen LogP contribution in [0.5, 0.6) is 0 Å². The molecule has 3 rings (SSSR count). The molecule has 0 bridgehead atoms. The third-order valence-corrected chi connectivity index (χ3v) is 5.43. The monoisotopic (exact) mass is 341 g/mol. The molecule has 1 amide bonds. The zero-order chi connectivity index (χ0) is 17.0. The van der Waals surface area contributed by atoms with Gasteiger partial charge >= 0.3 is 0 Å². The van der Waals surface area contributed by atoms with Gasteiger partial charge in [0.15, 0.2) is 0 Å². The van der Waals surface area contributed by atoms with Crippen molar-refractivity contribution in [3.8, 4) is 0 Å². The van der Waals surface area contributed by atoms with Crippen LogP contribution < -0.4 is 5.32 Å². The molecular weight excluding hydrogens is 318 g/mol. The SMILES string of the molecule is CCSc1ccccc1C(=O)NC[C@](O)(c1ccccc1)C1CC1. The number of hydrogen-bond donors (Lipinski definition) is 2.